The highest BCUT2D eigenvalue weighted by atomic mass is 32.2. The van der Waals surface area contributed by atoms with Crippen LogP contribution in [0, 0.1) is 0 Å². The van der Waals surface area contributed by atoms with Gasteiger partial charge in [0.15, 0.2) is 5.17 Å². The van der Waals surface area contributed by atoms with Gasteiger partial charge in [0, 0.05) is 23.7 Å². The van der Waals surface area contributed by atoms with E-state index in [4.69, 9.17) is 5.73 Å². The largest absolute Gasteiger partial charge is 0.477 e. The molecule has 0 saturated carbocycles. The Morgan fingerprint density at radius 1 is 1.40 bits per heavy atom. The van der Waals surface area contributed by atoms with Crippen LogP contribution in [0.1, 0.15) is 5.56 Å². The number of para-hydroxylation sites is 1. The molecule has 1 aromatic carbocycles. The fourth-order valence-corrected chi connectivity index (χ4v) is 5.93. The number of hydrogen-bond donors (Lipinski definition) is 4. The first kappa shape index (κ1) is 20.6. The van der Waals surface area contributed by atoms with Gasteiger partial charge < -0.3 is 21.5 Å². The minimum atomic E-state index is -1.13. The number of amidine groups is 1. The van der Waals surface area contributed by atoms with E-state index in [1.807, 2.05) is 0 Å². The lowest BCUT2D eigenvalue weighted by Gasteiger charge is -2.49. The predicted octanol–water partition coefficient (Wildman–Crippen LogP) is 0.242. The molecule has 4 rings (SSSR count). The summed E-state index contributed by atoms with van der Waals surface area (Å²) in [7, 11) is 0. The maximum Gasteiger partial charge on any atom is 0.352 e. The third kappa shape index (κ3) is 3.99. The number of nitrogens with one attached hydrogen (secondary N) is 2. The number of carbonyl (C=O) groups excluding carboxylic acids is 2. The van der Waals surface area contributed by atoms with Gasteiger partial charge in [-0.2, -0.15) is 0 Å². The van der Waals surface area contributed by atoms with E-state index in [2.05, 4.69) is 15.6 Å². The standard InChI is InChI=1S/C19H21N5O4S2/c20-12-4-2-1-3-10(12)7-13(25)23-14-16(26)24-15(18(27)28)11(8-29-17(14)24)9-30-19-21-5-6-22-19/h1-4,14,17H,5-9,20H2,(H,21,22)(H,23,25)(H,27,28)/t14?,17-/m1/s1. The quantitative estimate of drug-likeness (QED) is 0.360. The zero-order valence-corrected chi connectivity index (χ0v) is 17.6. The zero-order chi connectivity index (χ0) is 21.3. The minimum Gasteiger partial charge on any atom is -0.477 e. The number of thioether (sulfide) groups is 2. The van der Waals surface area contributed by atoms with Gasteiger partial charge in [-0.25, -0.2) is 4.79 Å². The Bertz CT molecular complexity index is 964. The maximum absolute atomic E-state index is 12.7. The van der Waals surface area contributed by atoms with Gasteiger partial charge in [-0.05, 0) is 17.2 Å². The number of rotatable bonds is 6. The van der Waals surface area contributed by atoms with E-state index < -0.39 is 23.3 Å². The van der Waals surface area contributed by atoms with Gasteiger partial charge in [0.05, 0.1) is 13.0 Å². The molecular weight excluding hydrogens is 426 g/mol. The monoisotopic (exact) mass is 447 g/mol. The van der Waals surface area contributed by atoms with Gasteiger partial charge in [-0.1, -0.05) is 30.0 Å². The number of anilines is 1. The third-order valence-electron chi connectivity index (χ3n) is 5.00. The number of fused-ring (bicyclic) bond motifs is 1. The van der Waals surface area contributed by atoms with Gasteiger partial charge in [0.2, 0.25) is 5.91 Å². The van der Waals surface area contributed by atoms with Gasteiger partial charge in [-0.15, -0.1) is 11.8 Å². The summed E-state index contributed by atoms with van der Waals surface area (Å²) in [5, 5.41) is 16.0. The number of nitrogen functional groups attached to an aromatic ring is 1. The van der Waals surface area contributed by atoms with Crippen LogP contribution in [0.2, 0.25) is 0 Å². The van der Waals surface area contributed by atoms with Gasteiger partial charge >= 0.3 is 5.97 Å². The van der Waals surface area contributed by atoms with Crippen molar-refractivity contribution in [3.05, 3.63) is 41.1 Å². The molecule has 0 spiro atoms. The van der Waals surface area contributed by atoms with Crippen LogP contribution in [0.5, 0.6) is 0 Å². The van der Waals surface area contributed by atoms with Crippen LogP contribution in [0.3, 0.4) is 0 Å². The molecule has 0 aromatic heterocycles. The van der Waals surface area contributed by atoms with Crippen molar-refractivity contribution in [2.75, 3.05) is 30.3 Å². The molecular formula is C19H21N5O4S2. The molecule has 0 bridgehead atoms. The van der Waals surface area contributed by atoms with E-state index in [9.17, 15) is 19.5 Å². The molecule has 3 aliphatic heterocycles. The zero-order valence-electron chi connectivity index (χ0n) is 16.0. The van der Waals surface area contributed by atoms with Crippen LogP contribution < -0.4 is 16.4 Å². The normalized spacial score (nSPS) is 22.7. The first-order valence-electron chi connectivity index (χ1n) is 9.39. The van der Waals surface area contributed by atoms with Crippen molar-refractivity contribution in [1.82, 2.24) is 15.5 Å². The van der Waals surface area contributed by atoms with E-state index in [1.54, 1.807) is 24.3 Å². The number of carboxylic acids is 1. The molecule has 3 aliphatic rings. The molecule has 1 saturated heterocycles. The topological polar surface area (TPSA) is 137 Å². The first-order valence-corrected chi connectivity index (χ1v) is 11.4. The molecule has 9 nitrogen and oxygen atoms in total. The van der Waals surface area contributed by atoms with E-state index in [0.29, 0.717) is 34.9 Å². The molecule has 158 valence electrons. The maximum atomic E-state index is 12.7. The Kier molecular flexibility index (Phi) is 5.91. The number of nitrogens with two attached hydrogens (primary N) is 1. The summed E-state index contributed by atoms with van der Waals surface area (Å²) in [5.41, 5.74) is 7.78. The summed E-state index contributed by atoms with van der Waals surface area (Å²) in [6, 6.07) is 6.32. The smallest absolute Gasteiger partial charge is 0.352 e. The van der Waals surface area contributed by atoms with Crippen molar-refractivity contribution < 1.29 is 19.5 Å². The molecule has 0 radical (unpaired) electrons. The van der Waals surface area contributed by atoms with Crippen molar-refractivity contribution in [2.45, 2.75) is 17.8 Å². The predicted molar refractivity (Wildman–Crippen MR) is 117 cm³/mol. The number of amides is 2. The molecule has 5 N–H and O–H groups in total. The van der Waals surface area contributed by atoms with Crippen LogP contribution in [-0.4, -0.2) is 69.0 Å². The van der Waals surface area contributed by atoms with Crippen LogP contribution in [-0.2, 0) is 20.8 Å². The molecule has 1 aromatic rings. The molecule has 3 heterocycles. The average Bonchev–Trinajstić information content (AvgIpc) is 3.25. The minimum absolute atomic E-state index is 0.0210. The molecule has 1 fully saturated rings. The summed E-state index contributed by atoms with van der Waals surface area (Å²) in [5.74, 6) is -0.931. The molecule has 2 amide bonds. The highest BCUT2D eigenvalue weighted by Crippen LogP contribution is 2.41. The lowest BCUT2D eigenvalue weighted by molar-refractivity contribution is -0.150. The number of β-lactam (4-membered cyclic amide) rings is 1. The summed E-state index contributed by atoms with van der Waals surface area (Å²) in [6.45, 7) is 1.50. The second kappa shape index (κ2) is 8.60. The van der Waals surface area contributed by atoms with Crippen molar-refractivity contribution in [1.29, 1.82) is 0 Å². The second-order valence-corrected chi connectivity index (χ2v) is 9.06. The first-order chi connectivity index (χ1) is 14.5. The number of nitrogens with zero attached hydrogens (tertiary/aromatic N) is 2. The Hall–Kier alpha value is -2.66. The van der Waals surface area contributed by atoms with Crippen molar-refractivity contribution in [2.24, 2.45) is 4.99 Å². The van der Waals surface area contributed by atoms with E-state index in [-0.39, 0.29) is 18.0 Å². The van der Waals surface area contributed by atoms with Crippen LogP contribution in [0.25, 0.3) is 0 Å². The Morgan fingerprint density at radius 3 is 2.90 bits per heavy atom. The molecule has 1 unspecified atom stereocenters. The number of aliphatic carboxylic acids is 1. The second-order valence-electron chi connectivity index (χ2n) is 6.99. The highest BCUT2D eigenvalue weighted by Gasteiger charge is 2.54. The average molecular weight is 448 g/mol. The third-order valence-corrected chi connectivity index (χ3v) is 7.38. The van der Waals surface area contributed by atoms with Crippen LogP contribution in [0.4, 0.5) is 5.69 Å². The van der Waals surface area contributed by atoms with Gasteiger partial charge in [-0.3, -0.25) is 19.5 Å². The van der Waals surface area contributed by atoms with E-state index in [1.165, 1.54) is 28.4 Å². The van der Waals surface area contributed by atoms with Gasteiger partial charge in [0.25, 0.3) is 5.91 Å². The van der Waals surface area contributed by atoms with Crippen molar-refractivity contribution >= 4 is 52.2 Å². The Labute approximate surface area is 181 Å². The summed E-state index contributed by atoms with van der Waals surface area (Å²) < 4.78 is 0. The molecule has 30 heavy (non-hydrogen) atoms. The molecule has 11 heteroatoms. The van der Waals surface area contributed by atoms with Crippen LogP contribution in [0.15, 0.2) is 40.5 Å². The summed E-state index contributed by atoms with van der Waals surface area (Å²) in [4.78, 5) is 42.6. The molecule has 2 atom stereocenters. The number of carboxylic acid groups (broad SMARTS) is 1. The summed E-state index contributed by atoms with van der Waals surface area (Å²) in [6.07, 6.45) is 0.0620. The van der Waals surface area contributed by atoms with Crippen LogP contribution >= 0.6 is 23.5 Å². The Balaban J connectivity index is 1.42. The van der Waals surface area contributed by atoms with Crippen molar-refractivity contribution in [3.63, 3.8) is 0 Å². The SMILES string of the molecule is Nc1ccccc1CC(=O)NC1C(=O)N2C(C(=O)O)=C(CSC3=NCCN3)CS[C@H]12. The number of aliphatic imine (C=N–C) groups is 1. The highest BCUT2D eigenvalue weighted by molar-refractivity contribution is 8.14. The lowest BCUT2D eigenvalue weighted by atomic mass is 10.0. The fraction of sp³-hybridized carbons (Fsp3) is 0.368. The fourth-order valence-electron chi connectivity index (χ4n) is 3.52. The van der Waals surface area contributed by atoms with Crippen molar-refractivity contribution in [3.8, 4) is 0 Å². The van der Waals surface area contributed by atoms with E-state index >= 15 is 0 Å². The number of hydrogen-bond acceptors (Lipinski definition) is 8. The number of carbonyl (C=O) groups is 3. The number of benzene rings is 1. The summed E-state index contributed by atoms with van der Waals surface area (Å²) >= 11 is 2.90. The van der Waals surface area contributed by atoms with Gasteiger partial charge in [0.1, 0.15) is 17.1 Å². The lowest BCUT2D eigenvalue weighted by Crippen LogP contribution is -2.70. The molecule has 0 aliphatic carbocycles. The van der Waals surface area contributed by atoms with E-state index in [0.717, 1.165) is 11.7 Å². The Morgan fingerprint density at radius 2 is 2.20 bits per heavy atom.